The highest BCUT2D eigenvalue weighted by Crippen LogP contribution is 2.22. The first kappa shape index (κ1) is 14.3. The molecule has 2 rings (SSSR count). The molecule has 2 heterocycles. The van der Waals surface area contributed by atoms with Gasteiger partial charge in [-0.1, -0.05) is 0 Å². The van der Waals surface area contributed by atoms with Crippen LogP contribution in [0.4, 0.5) is 0 Å². The summed E-state index contributed by atoms with van der Waals surface area (Å²) < 4.78 is 13.0. The number of rotatable bonds is 3. The third-order valence-corrected chi connectivity index (χ3v) is 4.43. The molecule has 0 aromatic carbocycles. The van der Waals surface area contributed by atoms with Crippen LogP contribution < -0.4 is 0 Å². The van der Waals surface area contributed by atoms with E-state index >= 15 is 0 Å². The molecule has 0 aliphatic carbocycles. The normalized spacial score (nSPS) is 23.8. The topological polar surface area (TPSA) is 90.0 Å². The SMILES string of the molecule is C[S+]([O-])N1CCC(C(=O)ON2C(=O)CCC2=O)CC1. The van der Waals surface area contributed by atoms with Crippen LogP contribution in [0.3, 0.4) is 0 Å². The number of hydrogen-bond acceptors (Lipinski definition) is 6. The number of nitrogens with zero attached hydrogens (tertiary/aromatic N) is 2. The van der Waals surface area contributed by atoms with Crippen molar-refractivity contribution in [1.29, 1.82) is 0 Å². The van der Waals surface area contributed by atoms with Gasteiger partial charge in [0.25, 0.3) is 11.8 Å². The average molecular weight is 288 g/mol. The van der Waals surface area contributed by atoms with Crippen molar-refractivity contribution in [2.75, 3.05) is 19.3 Å². The first-order chi connectivity index (χ1) is 8.99. The number of piperidine rings is 1. The molecule has 0 saturated carbocycles. The van der Waals surface area contributed by atoms with E-state index in [9.17, 15) is 18.9 Å². The quantitative estimate of drug-likeness (QED) is 0.518. The molecular weight excluding hydrogens is 272 g/mol. The highest BCUT2D eigenvalue weighted by atomic mass is 32.2. The molecule has 7 nitrogen and oxygen atoms in total. The third kappa shape index (κ3) is 3.26. The fraction of sp³-hybridized carbons (Fsp3) is 0.727. The van der Waals surface area contributed by atoms with Crippen molar-refractivity contribution in [3.8, 4) is 0 Å². The van der Waals surface area contributed by atoms with Crippen LogP contribution in [0.1, 0.15) is 25.7 Å². The van der Waals surface area contributed by atoms with Crippen LogP contribution in [0.2, 0.25) is 0 Å². The van der Waals surface area contributed by atoms with Crippen molar-refractivity contribution in [2.24, 2.45) is 5.92 Å². The molecule has 106 valence electrons. The van der Waals surface area contributed by atoms with E-state index in [2.05, 4.69) is 0 Å². The van der Waals surface area contributed by atoms with Gasteiger partial charge in [-0.25, -0.2) is 4.79 Å². The molecule has 0 aromatic rings. The molecule has 2 saturated heterocycles. The second kappa shape index (κ2) is 5.89. The van der Waals surface area contributed by atoms with E-state index in [0.717, 1.165) is 0 Å². The predicted octanol–water partition coefficient (Wildman–Crippen LogP) is -0.401. The zero-order valence-electron chi connectivity index (χ0n) is 10.7. The van der Waals surface area contributed by atoms with E-state index in [1.54, 1.807) is 10.6 Å². The first-order valence-electron chi connectivity index (χ1n) is 6.15. The van der Waals surface area contributed by atoms with Crippen LogP contribution in [0.5, 0.6) is 0 Å². The molecule has 2 aliphatic rings. The van der Waals surface area contributed by atoms with Gasteiger partial charge in [-0.3, -0.25) is 9.59 Å². The summed E-state index contributed by atoms with van der Waals surface area (Å²) in [6.45, 7) is 1.09. The Bertz CT molecular complexity index is 377. The lowest BCUT2D eigenvalue weighted by atomic mass is 9.99. The number of hydroxylamine groups is 2. The standard InChI is InChI=1S/C11H16N2O5S/c1-19(17)12-6-4-8(5-7-12)11(16)18-13-9(14)2-3-10(13)15/h8H,2-7H2,1H3. The minimum atomic E-state index is -1.03. The number of carbonyl (C=O) groups excluding carboxylic acids is 3. The maximum absolute atomic E-state index is 11.9. The molecule has 1 unspecified atom stereocenters. The van der Waals surface area contributed by atoms with Crippen molar-refractivity contribution < 1.29 is 23.8 Å². The van der Waals surface area contributed by atoms with Gasteiger partial charge in [0.15, 0.2) is 0 Å². The molecule has 0 radical (unpaired) electrons. The summed E-state index contributed by atoms with van der Waals surface area (Å²) in [4.78, 5) is 39.4. The Balaban J connectivity index is 1.85. The first-order valence-corrected chi connectivity index (χ1v) is 7.66. The van der Waals surface area contributed by atoms with Crippen molar-refractivity contribution >= 4 is 29.1 Å². The molecule has 0 N–H and O–H groups in total. The number of imide groups is 1. The van der Waals surface area contributed by atoms with Crippen LogP contribution in [0.15, 0.2) is 0 Å². The molecule has 2 fully saturated rings. The van der Waals surface area contributed by atoms with Gasteiger partial charge in [-0.15, -0.1) is 9.37 Å². The van der Waals surface area contributed by atoms with Gasteiger partial charge < -0.3 is 9.39 Å². The van der Waals surface area contributed by atoms with Gasteiger partial charge in [0.1, 0.15) is 6.26 Å². The molecule has 2 amide bonds. The van der Waals surface area contributed by atoms with Gasteiger partial charge in [0.2, 0.25) is 0 Å². The number of carbonyl (C=O) groups is 3. The molecule has 8 heteroatoms. The largest absolute Gasteiger partial charge is 0.598 e. The maximum atomic E-state index is 11.9. The molecule has 2 aliphatic heterocycles. The Morgan fingerprint density at radius 2 is 1.79 bits per heavy atom. The van der Waals surface area contributed by atoms with E-state index in [1.807, 2.05) is 0 Å². The van der Waals surface area contributed by atoms with Gasteiger partial charge in [-0.05, 0) is 12.8 Å². The van der Waals surface area contributed by atoms with Crippen LogP contribution in [0, 0.1) is 5.92 Å². The highest BCUT2D eigenvalue weighted by Gasteiger charge is 2.36. The van der Waals surface area contributed by atoms with Gasteiger partial charge >= 0.3 is 5.97 Å². The molecule has 0 bridgehead atoms. The van der Waals surface area contributed by atoms with Gasteiger partial charge in [-0.2, -0.15) is 0 Å². The summed E-state index contributed by atoms with van der Waals surface area (Å²) in [5.74, 6) is -1.83. The maximum Gasteiger partial charge on any atom is 0.336 e. The lowest BCUT2D eigenvalue weighted by molar-refractivity contribution is -0.201. The van der Waals surface area contributed by atoms with Crippen LogP contribution in [-0.4, -0.2) is 51.1 Å². The highest BCUT2D eigenvalue weighted by molar-refractivity contribution is 7.88. The smallest absolute Gasteiger partial charge is 0.336 e. The zero-order chi connectivity index (χ0) is 14.0. The average Bonchev–Trinajstić information content (AvgIpc) is 2.70. The fourth-order valence-electron chi connectivity index (χ4n) is 2.17. The Kier molecular flexibility index (Phi) is 4.43. The summed E-state index contributed by atoms with van der Waals surface area (Å²) in [6, 6.07) is 0. The predicted molar refractivity (Wildman–Crippen MR) is 65.5 cm³/mol. The second-order valence-corrected chi connectivity index (χ2v) is 5.98. The Morgan fingerprint density at radius 3 is 2.26 bits per heavy atom. The van der Waals surface area contributed by atoms with Crippen molar-refractivity contribution in [1.82, 2.24) is 9.37 Å². The monoisotopic (exact) mass is 288 g/mol. The lowest BCUT2D eigenvalue weighted by Gasteiger charge is -2.29. The molecule has 0 aromatic heterocycles. The van der Waals surface area contributed by atoms with E-state index in [0.29, 0.717) is 31.0 Å². The minimum Gasteiger partial charge on any atom is -0.598 e. The molecule has 0 spiro atoms. The van der Waals surface area contributed by atoms with E-state index in [-0.39, 0.29) is 18.8 Å². The van der Waals surface area contributed by atoms with Crippen molar-refractivity contribution in [3.05, 3.63) is 0 Å². The van der Waals surface area contributed by atoms with E-state index in [4.69, 9.17) is 4.84 Å². The summed E-state index contributed by atoms with van der Waals surface area (Å²) in [5, 5.41) is 0.576. The Morgan fingerprint density at radius 1 is 1.26 bits per heavy atom. The molecule has 19 heavy (non-hydrogen) atoms. The van der Waals surface area contributed by atoms with E-state index < -0.39 is 29.1 Å². The Hall–Kier alpha value is -1.12. The summed E-state index contributed by atoms with van der Waals surface area (Å²) in [7, 11) is 0. The van der Waals surface area contributed by atoms with Crippen molar-refractivity contribution in [3.63, 3.8) is 0 Å². The van der Waals surface area contributed by atoms with Gasteiger partial charge in [0.05, 0.1) is 5.92 Å². The lowest BCUT2D eigenvalue weighted by Crippen LogP contribution is -2.42. The molecular formula is C11H16N2O5S. The summed E-state index contributed by atoms with van der Waals surface area (Å²) in [6.07, 6.45) is 2.84. The number of amides is 2. The second-order valence-electron chi connectivity index (χ2n) is 4.62. The Labute approximate surface area is 114 Å². The van der Waals surface area contributed by atoms with Crippen LogP contribution in [-0.2, 0) is 30.6 Å². The zero-order valence-corrected chi connectivity index (χ0v) is 11.5. The van der Waals surface area contributed by atoms with Crippen LogP contribution >= 0.6 is 0 Å². The number of hydrogen-bond donors (Lipinski definition) is 0. The minimum absolute atomic E-state index is 0.0966. The van der Waals surface area contributed by atoms with Crippen LogP contribution in [0.25, 0.3) is 0 Å². The fourth-order valence-corrected chi connectivity index (χ4v) is 2.90. The van der Waals surface area contributed by atoms with Gasteiger partial charge in [0, 0.05) is 37.3 Å². The van der Waals surface area contributed by atoms with E-state index in [1.165, 1.54) is 0 Å². The summed E-state index contributed by atoms with van der Waals surface area (Å²) >= 11 is -1.03. The molecule has 1 atom stereocenters. The van der Waals surface area contributed by atoms with Crippen molar-refractivity contribution in [2.45, 2.75) is 25.7 Å². The third-order valence-electron chi connectivity index (χ3n) is 3.34. The summed E-state index contributed by atoms with van der Waals surface area (Å²) in [5.41, 5.74) is 0.